The van der Waals surface area contributed by atoms with Crippen molar-refractivity contribution in [3.8, 4) is 0 Å². The molecule has 2 aromatic rings. The average molecular weight is 243 g/mol. The van der Waals surface area contributed by atoms with E-state index < -0.39 is 0 Å². The van der Waals surface area contributed by atoms with Gasteiger partial charge in [-0.15, -0.1) is 0 Å². The molecule has 1 aromatic heterocycles. The predicted octanol–water partition coefficient (Wildman–Crippen LogP) is 1.12. The van der Waals surface area contributed by atoms with E-state index in [1.807, 2.05) is 30.6 Å². The maximum atomic E-state index is 8.89. The van der Waals surface area contributed by atoms with Crippen molar-refractivity contribution in [2.45, 2.75) is 12.5 Å². The van der Waals surface area contributed by atoms with Gasteiger partial charge >= 0.3 is 0 Å². The minimum absolute atomic E-state index is 0.244. The van der Waals surface area contributed by atoms with Crippen LogP contribution in [0.4, 0.5) is 0 Å². The number of nitrogens with two attached hydrogens (primary N) is 1. The Hall–Kier alpha value is -1.71. The molecule has 0 amide bonds. The molecule has 94 valence electrons. The second-order valence-corrected chi connectivity index (χ2v) is 4.27. The Balaban J connectivity index is 2.18. The van der Waals surface area contributed by atoms with Crippen LogP contribution in [0.15, 0.2) is 54.9 Å². The predicted molar refractivity (Wildman–Crippen MR) is 71.0 cm³/mol. The molecular formula is C15H19N2O+. The van der Waals surface area contributed by atoms with Crippen molar-refractivity contribution < 1.29 is 10.4 Å². The Bertz CT molecular complexity index is 405. The number of quaternary nitrogens is 1. The van der Waals surface area contributed by atoms with Gasteiger partial charge in [0.1, 0.15) is 6.04 Å². The molecule has 0 radical (unpaired) electrons. The van der Waals surface area contributed by atoms with Gasteiger partial charge in [-0.3, -0.25) is 4.98 Å². The third-order valence-corrected chi connectivity index (χ3v) is 2.99. The van der Waals surface area contributed by atoms with E-state index in [1.165, 1.54) is 11.1 Å². The van der Waals surface area contributed by atoms with Crippen LogP contribution in [0.3, 0.4) is 0 Å². The summed E-state index contributed by atoms with van der Waals surface area (Å²) in [4.78, 5) is 4.06. The first-order valence-electron chi connectivity index (χ1n) is 6.31. The van der Waals surface area contributed by atoms with Gasteiger partial charge < -0.3 is 10.4 Å². The highest BCUT2D eigenvalue weighted by molar-refractivity contribution is 5.27. The van der Waals surface area contributed by atoms with Crippen LogP contribution in [0.1, 0.15) is 23.6 Å². The third kappa shape index (κ3) is 3.39. The lowest BCUT2D eigenvalue weighted by Crippen LogP contribution is -2.85. The van der Waals surface area contributed by atoms with Crippen LogP contribution in [0.2, 0.25) is 0 Å². The highest BCUT2D eigenvalue weighted by atomic mass is 16.3. The molecule has 0 spiro atoms. The first kappa shape index (κ1) is 12.7. The van der Waals surface area contributed by atoms with Gasteiger partial charge in [0.15, 0.2) is 0 Å². The van der Waals surface area contributed by atoms with Crippen molar-refractivity contribution in [3.05, 3.63) is 66.0 Å². The Morgan fingerprint density at radius 3 is 2.33 bits per heavy atom. The fraction of sp³-hybridized carbons (Fsp3) is 0.267. The number of aliphatic hydroxyl groups excluding tert-OH is 1. The van der Waals surface area contributed by atoms with Crippen molar-refractivity contribution in [1.82, 2.24) is 4.98 Å². The summed E-state index contributed by atoms with van der Waals surface area (Å²) in [7, 11) is 0. The molecular weight excluding hydrogens is 224 g/mol. The van der Waals surface area contributed by atoms with Gasteiger partial charge in [-0.1, -0.05) is 30.3 Å². The van der Waals surface area contributed by atoms with Crippen LogP contribution in [0, 0.1) is 0 Å². The number of nitrogens with zero attached hydrogens (tertiary/aromatic N) is 1. The molecule has 3 N–H and O–H groups in total. The zero-order valence-corrected chi connectivity index (χ0v) is 10.4. The molecule has 0 saturated heterocycles. The lowest BCUT2D eigenvalue weighted by Gasteiger charge is -2.16. The van der Waals surface area contributed by atoms with E-state index in [-0.39, 0.29) is 12.6 Å². The highest BCUT2D eigenvalue weighted by Crippen LogP contribution is 2.16. The monoisotopic (exact) mass is 243 g/mol. The van der Waals surface area contributed by atoms with E-state index in [0.29, 0.717) is 0 Å². The molecule has 0 aliphatic rings. The van der Waals surface area contributed by atoms with E-state index in [2.05, 4.69) is 34.6 Å². The molecule has 3 nitrogen and oxygen atoms in total. The first-order chi connectivity index (χ1) is 8.92. The Kier molecular flexibility index (Phi) is 4.88. The van der Waals surface area contributed by atoms with Gasteiger partial charge in [0, 0.05) is 36.5 Å². The molecule has 1 atom stereocenters. The van der Waals surface area contributed by atoms with Crippen molar-refractivity contribution in [1.29, 1.82) is 0 Å². The van der Waals surface area contributed by atoms with Gasteiger partial charge in [-0.25, -0.2) is 0 Å². The van der Waals surface area contributed by atoms with Gasteiger partial charge in [0.25, 0.3) is 0 Å². The molecule has 18 heavy (non-hydrogen) atoms. The number of benzene rings is 1. The van der Waals surface area contributed by atoms with E-state index in [0.717, 1.165) is 13.0 Å². The SMILES string of the molecule is OCCC[NH2+][C@@H](c1ccccc1)c1ccncc1. The number of pyridine rings is 1. The quantitative estimate of drug-likeness (QED) is 0.747. The number of aromatic nitrogens is 1. The smallest absolute Gasteiger partial charge is 0.137 e. The molecule has 1 heterocycles. The highest BCUT2D eigenvalue weighted by Gasteiger charge is 2.16. The van der Waals surface area contributed by atoms with Gasteiger partial charge in [0.2, 0.25) is 0 Å². The van der Waals surface area contributed by atoms with E-state index in [9.17, 15) is 0 Å². The maximum Gasteiger partial charge on any atom is 0.137 e. The zero-order chi connectivity index (χ0) is 12.6. The van der Waals surface area contributed by atoms with E-state index in [1.54, 1.807) is 0 Å². The summed E-state index contributed by atoms with van der Waals surface area (Å²) < 4.78 is 0. The van der Waals surface area contributed by atoms with Crippen LogP contribution in [-0.2, 0) is 0 Å². The molecule has 0 saturated carbocycles. The van der Waals surface area contributed by atoms with Gasteiger partial charge in [-0.2, -0.15) is 0 Å². The molecule has 0 aliphatic heterocycles. The van der Waals surface area contributed by atoms with Crippen LogP contribution in [0.5, 0.6) is 0 Å². The maximum absolute atomic E-state index is 8.89. The molecule has 1 aromatic carbocycles. The second kappa shape index (κ2) is 6.89. The lowest BCUT2D eigenvalue weighted by molar-refractivity contribution is -0.687. The average Bonchev–Trinajstić information content (AvgIpc) is 2.46. The van der Waals surface area contributed by atoms with Crippen molar-refractivity contribution in [3.63, 3.8) is 0 Å². The molecule has 0 aliphatic carbocycles. The fourth-order valence-corrected chi connectivity index (χ4v) is 2.07. The molecule has 3 heteroatoms. The standard InChI is InChI=1S/C15H18N2O/c18-12-4-9-17-15(13-5-2-1-3-6-13)14-7-10-16-11-8-14/h1-3,5-8,10-11,15,17-18H,4,9,12H2/p+1/t15-/m0/s1. The molecule has 2 rings (SSSR count). The number of hydrogen-bond acceptors (Lipinski definition) is 2. The zero-order valence-electron chi connectivity index (χ0n) is 10.4. The summed E-state index contributed by atoms with van der Waals surface area (Å²) in [5.41, 5.74) is 2.52. The first-order valence-corrected chi connectivity index (χ1v) is 6.31. The Labute approximate surface area is 108 Å². The largest absolute Gasteiger partial charge is 0.396 e. The van der Waals surface area contributed by atoms with Crippen molar-refractivity contribution >= 4 is 0 Å². The summed E-state index contributed by atoms with van der Waals surface area (Å²) in [6.07, 6.45) is 4.46. The minimum Gasteiger partial charge on any atom is -0.396 e. The topological polar surface area (TPSA) is 49.7 Å². The summed E-state index contributed by atoms with van der Waals surface area (Å²) in [6, 6.07) is 14.8. The fourth-order valence-electron chi connectivity index (χ4n) is 2.07. The van der Waals surface area contributed by atoms with Crippen LogP contribution in [0.25, 0.3) is 0 Å². The molecule has 0 fully saturated rings. The van der Waals surface area contributed by atoms with Gasteiger partial charge in [0.05, 0.1) is 6.54 Å². The summed E-state index contributed by atoms with van der Waals surface area (Å²) >= 11 is 0. The summed E-state index contributed by atoms with van der Waals surface area (Å²) in [5, 5.41) is 11.2. The van der Waals surface area contributed by atoms with E-state index >= 15 is 0 Å². The Morgan fingerprint density at radius 1 is 1.00 bits per heavy atom. The number of hydrogen-bond donors (Lipinski definition) is 2. The second-order valence-electron chi connectivity index (χ2n) is 4.27. The Morgan fingerprint density at radius 2 is 1.67 bits per heavy atom. The van der Waals surface area contributed by atoms with Gasteiger partial charge in [-0.05, 0) is 12.1 Å². The van der Waals surface area contributed by atoms with Crippen LogP contribution >= 0.6 is 0 Å². The molecule has 0 unspecified atom stereocenters. The lowest BCUT2D eigenvalue weighted by atomic mass is 9.99. The van der Waals surface area contributed by atoms with E-state index in [4.69, 9.17) is 5.11 Å². The summed E-state index contributed by atoms with van der Waals surface area (Å²) in [5.74, 6) is 0. The minimum atomic E-state index is 0.244. The van der Waals surface area contributed by atoms with Crippen molar-refractivity contribution in [2.24, 2.45) is 0 Å². The number of aliphatic hydroxyl groups is 1. The molecule has 0 bridgehead atoms. The normalized spacial score (nSPS) is 12.3. The summed E-state index contributed by atoms with van der Waals surface area (Å²) in [6.45, 7) is 1.16. The van der Waals surface area contributed by atoms with Crippen molar-refractivity contribution in [2.75, 3.05) is 13.2 Å². The van der Waals surface area contributed by atoms with Crippen LogP contribution in [-0.4, -0.2) is 23.2 Å². The van der Waals surface area contributed by atoms with Crippen LogP contribution < -0.4 is 5.32 Å². The third-order valence-electron chi connectivity index (χ3n) is 2.99. The number of rotatable bonds is 6.